The van der Waals surface area contributed by atoms with Gasteiger partial charge in [-0.05, 0) is 19.4 Å². The molecule has 1 aromatic heterocycles. The van der Waals surface area contributed by atoms with Crippen molar-refractivity contribution in [2.45, 2.75) is 25.0 Å². The highest BCUT2D eigenvalue weighted by atomic mass is 19.1. The normalized spacial score (nSPS) is 24.0. The lowest BCUT2D eigenvalue weighted by Gasteiger charge is -2.16. The van der Waals surface area contributed by atoms with Crippen molar-refractivity contribution in [2.75, 3.05) is 31.1 Å². The van der Waals surface area contributed by atoms with Crippen LogP contribution >= 0.6 is 0 Å². The van der Waals surface area contributed by atoms with Gasteiger partial charge in [-0.15, -0.1) is 0 Å². The largest absolute Gasteiger partial charge is 0.392 e. The van der Waals surface area contributed by atoms with Crippen molar-refractivity contribution in [3.05, 3.63) is 28.2 Å². The smallest absolute Gasteiger partial charge is 0.290 e. The second kappa shape index (κ2) is 7.43. The van der Waals surface area contributed by atoms with Crippen LogP contribution in [0.5, 0.6) is 0 Å². The van der Waals surface area contributed by atoms with Gasteiger partial charge in [0.2, 0.25) is 0 Å². The SMILES string of the molecule is O=[N+]([O-])c1cnc(N2CC[C@@H](O)C2)c(F)c1.O[C@@H]1CCNC1. The quantitative estimate of drug-likeness (QED) is 0.522. The number of anilines is 1. The van der Waals surface area contributed by atoms with Gasteiger partial charge < -0.3 is 20.4 Å². The van der Waals surface area contributed by atoms with Crippen molar-refractivity contribution in [1.29, 1.82) is 0 Å². The van der Waals surface area contributed by atoms with E-state index in [9.17, 15) is 19.6 Å². The summed E-state index contributed by atoms with van der Waals surface area (Å²) >= 11 is 0. The molecule has 0 unspecified atom stereocenters. The zero-order chi connectivity index (χ0) is 16.1. The van der Waals surface area contributed by atoms with E-state index in [0.717, 1.165) is 31.8 Å². The second-order valence-electron chi connectivity index (χ2n) is 5.29. The maximum Gasteiger partial charge on any atom is 0.290 e. The summed E-state index contributed by atoms with van der Waals surface area (Å²) in [6.07, 6.45) is 1.95. The topological polar surface area (TPSA) is 112 Å². The molecule has 0 aromatic carbocycles. The Labute approximate surface area is 126 Å². The fourth-order valence-electron chi connectivity index (χ4n) is 2.33. The van der Waals surface area contributed by atoms with E-state index in [0.29, 0.717) is 19.5 Å². The molecule has 0 bridgehead atoms. The number of aromatic nitrogens is 1. The Morgan fingerprint density at radius 1 is 1.41 bits per heavy atom. The van der Waals surface area contributed by atoms with E-state index in [-0.39, 0.29) is 17.6 Å². The maximum atomic E-state index is 13.5. The summed E-state index contributed by atoms with van der Waals surface area (Å²) in [5.41, 5.74) is -0.374. The third-order valence-corrected chi connectivity index (χ3v) is 3.52. The molecule has 9 heteroatoms. The number of hydrogen-bond acceptors (Lipinski definition) is 7. The highest BCUT2D eigenvalue weighted by Crippen LogP contribution is 2.24. The first-order valence-corrected chi connectivity index (χ1v) is 7.09. The van der Waals surface area contributed by atoms with Gasteiger partial charge in [-0.3, -0.25) is 10.1 Å². The average Bonchev–Trinajstić information content (AvgIpc) is 3.10. The molecule has 3 N–H and O–H groups in total. The number of rotatable bonds is 2. The van der Waals surface area contributed by atoms with Gasteiger partial charge in [-0.2, -0.15) is 0 Å². The minimum absolute atomic E-state index is 0.0575. The minimum Gasteiger partial charge on any atom is -0.392 e. The van der Waals surface area contributed by atoms with Crippen molar-refractivity contribution in [1.82, 2.24) is 10.3 Å². The predicted molar refractivity (Wildman–Crippen MR) is 77.2 cm³/mol. The molecule has 1 aromatic rings. The Morgan fingerprint density at radius 3 is 2.59 bits per heavy atom. The summed E-state index contributed by atoms with van der Waals surface area (Å²) in [4.78, 5) is 15.0. The molecule has 122 valence electrons. The van der Waals surface area contributed by atoms with Crippen LogP contribution in [0.2, 0.25) is 0 Å². The van der Waals surface area contributed by atoms with Gasteiger partial charge in [0, 0.05) is 19.6 Å². The van der Waals surface area contributed by atoms with Crippen LogP contribution < -0.4 is 10.2 Å². The van der Waals surface area contributed by atoms with Crippen LogP contribution in [0.3, 0.4) is 0 Å². The molecule has 2 fully saturated rings. The molecule has 2 aliphatic rings. The molecule has 3 heterocycles. The molecule has 2 atom stereocenters. The molecular weight excluding hydrogens is 295 g/mol. The van der Waals surface area contributed by atoms with Gasteiger partial charge in [0.1, 0.15) is 6.20 Å². The molecular formula is C13H19FN4O4. The zero-order valence-corrected chi connectivity index (χ0v) is 12.0. The lowest BCUT2D eigenvalue weighted by molar-refractivity contribution is -0.385. The fraction of sp³-hybridized carbons (Fsp3) is 0.615. The van der Waals surface area contributed by atoms with Crippen molar-refractivity contribution in [3.63, 3.8) is 0 Å². The molecule has 2 saturated heterocycles. The third-order valence-electron chi connectivity index (χ3n) is 3.52. The summed E-state index contributed by atoms with van der Waals surface area (Å²) in [7, 11) is 0. The Bertz CT molecular complexity index is 525. The van der Waals surface area contributed by atoms with Crippen LogP contribution in [0.15, 0.2) is 12.3 Å². The maximum absolute atomic E-state index is 13.5. The average molecular weight is 314 g/mol. The fourth-order valence-corrected chi connectivity index (χ4v) is 2.33. The van der Waals surface area contributed by atoms with Gasteiger partial charge in [0.15, 0.2) is 11.6 Å². The number of hydrogen-bond donors (Lipinski definition) is 3. The number of nitrogens with zero attached hydrogens (tertiary/aromatic N) is 3. The van der Waals surface area contributed by atoms with Crippen LogP contribution in [0.1, 0.15) is 12.8 Å². The van der Waals surface area contributed by atoms with E-state index in [1.165, 1.54) is 0 Å². The van der Waals surface area contributed by atoms with E-state index in [2.05, 4.69) is 10.3 Å². The van der Waals surface area contributed by atoms with Crippen LogP contribution in [-0.2, 0) is 0 Å². The summed E-state index contributed by atoms with van der Waals surface area (Å²) in [5.74, 6) is -0.676. The first-order chi connectivity index (χ1) is 10.5. The number of aliphatic hydroxyl groups excluding tert-OH is 2. The summed E-state index contributed by atoms with van der Waals surface area (Å²) in [5, 5.41) is 31.4. The molecule has 0 radical (unpaired) electrons. The van der Waals surface area contributed by atoms with E-state index in [1.54, 1.807) is 4.90 Å². The van der Waals surface area contributed by atoms with Gasteiger partial charge in [-0.25, -0.2) is 9.37 Å². The third kappa shape index (κ3) is 4.33. The molecule has 0 amide bonds. The zero-order valence-electron chi connectivity index (χ0n) is 12.0. The number of aliphatic hydroxyl groups is 2. The summed E-state index contributed by atoms with van der Waals surface area (Å²) in [6, 6.07) is 0.840. The first kappa shape index (κ1) is 16.5. The highest BCUT2D eigenvalue weighted by molar-refractivity contribution is 5.45. The Balaban J connectivity index is 0.000000246. The highest BCUT2D eigenvalue weighted by Gasteiger charge is 2.24. The molecule has 3 rings (SSSR count). The second-order valence-corrected chi connectivity index (χ2v) is 5.29. The Hall–Kier alpha value is -1.84. The van der Waals surface area contributed by atoms with Crippen LogP contribution in [0, 0.1) is 15.9 Å². The molecule has 0 aliphatic carbocycles. The molecule has 2 aliphatic heterocycles. The van der Waals surface area contributed by atoms with E-state index in [4.69, 9.17) is 5.11 Å². The lowest BCUT2D eigenvalue weighted by Crippen LogP contribution is -2.23. The molecule has 22 heavy (non-hydrogen) atoms. The van der Waals surface area contributed by atoms with Gasteiger partial charge in [-0.1, -0.05) is 0 Å². The molecule has 8 nitrogen and oxygen atoms in total. The number of pyridine rings is 1. The predicted octanol–water partition coefficient (Wildman–Crippen LogP) is 0.0405. The summed E-state index contributed by atoms with van der Waals surface area (Å²) in [6.45, 7) is 2.59. The Morgan fingerprint density at radius 2 is 2.18 bits per heavy atom. The molecule has 0 spiro atoms. The van der Waals surface area contributed by atoms with Crippen molar-refractivity contribution >= 4 is 11.5 Å². The number of halogens is 1. The van der Waals surface area contributed by atoms with Gasteiger partial charge >= 0.3 is 0 Å². The van der Waals surface area contributed by atoms with Crippen molar-refractivity contribution in [2.24, 2.45) is 0 Å². The van der Waals surface area contributed by atoms with E-state index in [1.807, 2.05) is 0 Å². The monoisotopic (exact) mass is 314 g/mol. The Kier molecular flexibility index (Phi) is 5.58. The van der Waals surface area contributed by atoms with Crippen molar-refractivity contribution in [3.8, 4) is 0 Å². The van der Waals surface area contributed by atoms with Crippen LogP contribution in [-0.4, -0.2) is 58.5 Å². The minimum atomic E-state index is -0.733. The lowest BCUT2D eigenvalue weighted by atomic mass is 10.3. The van der Waals surface area contributed by atoms with E-state index >= 15 is 0 Å². The standard InChI is InChI=1S/C9H10FN3O3.C4H9NO/c10-8-3-6(13(15)16)4-11-9(8)12-2-1-7(14)5-12;6-4-1-2-5-3-4/h3-4,7,14H,1-2,5H2;4-6H,1-3H2/t7-;4-/m11/s1. The van der Waals surface area contributed by atoms with Gasteiger partial charge in [0.05, 0.1) is 23.2 Å². The molecule has 0 saturated carbocycles. The number of nitro groups is 1. The number of β-amino-alcohol motifs (C(OH)–C–C–N with tert-alkyl or cyclic N) is 2. The summed E-state index contributed by atoms with van der Waals surface area (Å²) < 4.78 is 13.5. The van der Waals surface area contributed by atoms with Gasteiger partial charge in [0.25, 0.3) is 5.69 Å². The number of nitrogens with one attached hydrogen (secondary N) is 1. The van der Waals surface area contributed by atoms with Crippen molar-refractivity contribution < 1.29 is 19.5 Å². The van der Waals surface area contributed by atoms with Crippen LogP contribution in [0.4, 0.5) is 15.9 Å². The first-order valence-electron chi connectivity index (χ1n) is 7.09. The van der Waals surface area contributed by atoms with Crippen LogP contribution in [0.25, 0.3) is 0 Å². The van der Waals surface area contributed by atoms with E-state index < -0.39 is 16.8 Å².